The molecule has 1 unspecified atom stereocenters. The summed E-state index contributed by atoms with van der Waals surface area (Å²) in [4.78, 5) is 0. The standard InChI is InChI=1S/C16H23NO2/c1-4-16(3,9-10-18)17-11-14-12(2)19-15-8-6-5-7-13(14)15/h5-8,17-18H,4,9-11H2,1-3H3. The van der Waals surface area contributed by atoms with Crippen molar-refractivity contribution in [1.29, 1.82) is 0 Å². The summed E-state index contributed by atoms with van der Waals surface area (Å²) in [6.45, 7) is 7.28. The lowest BCUT2D eigenvalue weighted by molar-refractivity contribution is 0.214. The van der Waals surface area contributed by atoms with Crippen molar-refractivity contribution in [2.75, 3.05) is 6.61 Å². The molecule has 1 aromatic carbocycles. The van der Waals surface area contributed by atoms with E-state index < -0.39 is 0 Å². The molecule has 0 spiro atoms. The zero-order valence-corrected chi connectivity index (χ0v) is 12.0. The lowest BCUT2D eigenvalue weighted by atomic mass is 9.94. The number of aliphatic hydroxyl groups is 1. The minimum absolute atomic E-state index is 0.0282. The molecule has 0 radical (unpaired) electrons. The van der Waals surface area contributed by atoms with Crippen molar-refractivity contribution >= 4 is 11.0 Å². The van der Waals surface area contributed by atoms with Gasteiger partial charge in [0.05, 0.1) is 0 Å². The maximum absolute atomic E-state index is 9.16. The van der Waals surface area contributed by atoms with Crippen molar-refractivity contribution in [1.82, 2.24) is 5.32 Å². The summed E-state index contributed by atoms with van der Waals surface area (Å²) in [5.41, 5.74) is 2.13. The van der Waals surface area contributed by atoms with Gasteiger partial charge in [0, 0.05) is 29.6 Å². The summed E-state index contributed by atoms with van der Waals surface area (Å²) < 4.78 is 5.77. The fourth-order valence-electron chi connectivity index (χ4n) is 2.38. The first-order chi connectivity index (χ1) is 9.09. The van der Waals surface area contributed by atoms with Gasteiger partial charge in [-0.1, -0.05) is 25.1 Å². The Balaban J connectivity index is 2.19. The normalized spacial score (nSPS) is 14.7. The highest BCUT2D eigenvalue weighted by atomic mass is 16.3. The molecule has 3 nitrogen and oxygen atoms in total. The van der Waals surface area contributed by atoms with Gasteiger partial charge in [-0.3, -0.25) is 0 Å². The van der Waals surface area contributed by atoms with Gasteiger partial charge in [-0.05, 0) is 32.8 Å². The molecule has 19 heavy (non-hydrogen) atoms. The summed E-state index contributed by atoms with van der Waals surface area (Å²) in [6.07, 6.45) is 1.75. The van der Waals surface area contributed by atoms with Crippen LogP contribution in [-0.4, -0.2) is 17.3 Å². The van der Waals surface area contributed by atoms with Gasteiger partial charge in [0.1, 0.15) is 11.3 Å². The monoisotopic (exact) mass is 261 g/mol. The quantitative estimate of drug-likeness (QED) is 0.838. The number of aliphatic hydroxyl groups excluding tert-OH is 1. The molecule has 2 aromatic rings. The number of aryl methyl sites for hydroxylation is 1. The first-order valence-corrected chi connectivity index (χ1v) is 6.92. The maximum atomic E-state index is 9.16. The highest BCUT2D eigenvalue weighted by molar-refractivity contribution is 5.82. The molecule has 1 aromatic heterocycles. The van der Waals surface area contributed by atoms with Crippen molar-refractivity contribution in [3.8, 4) is 0 Å². The van der Waals surface area contributed by atoms with E-state index in [2.05, 4.69) is 25.2 Å². The number of hydrogen-bond donors (Lipinski definition) is 2. The SMILES string of the molecule is CCC(C)(CCO)NCc1c(C)oc2ccccc12. The van der Waals surface area contributed by atoms with E-state index in [-0.39, 0.29) is 12.1 Å². The Morgan fingerprint density at radius 3 is 2.74 bits per heavy atom. The number of nitrogens with one attached hydrogen (secondary N) is 1. The van der Waals surface area contributed by atoms with Crippen molar-refractivity contribution in [3.63, 3.8) is 0 Å². The smallest absolute Gasteiger partial charge is 0.134 e. The Kier molecular flexibility index (Phi) is 4.27. The van der Waals surface area contributed by atoms with Gasteiger partial charge < -0.3 is 14.8 Å². The summed E-state index contributed by atoms with van der Waals surface area (Å²) in [5, 5.41) is 13.9. The molecule has 2 N–H and O–H groups in total. The zero-order chi connectivity index (χ0) is 13.9. The van der Waals surface area contributed by atoms with Crippen LogP contribution < -0.4 is 5.32 Å². The van der Waals surface area contributed by atoms with Crippen LogP contribution in [0.2, 0.25) is 0 Å². The fourth-order valence-corrected chi connectivity index (χ4v) is 2.38. The fraction of sp³-hybridized carbons (Fsp3) is 0.500. The Bertz CT molecular complexity index is 547. The van der Waals surface area contributed by atoms with Crippen LogP contribution in [0.4, 0.5) is 0 Å². The number of hydrogen-bond acceptors (Lipinski definition) is 3. The van der Waals surface area contributed by atoms with Crippen LogP contribution in [0, 0.1) is 6.92 Å². The van der Waals surface area contributed by atoms with Crippen molar-refractivity contribution in [3.05, 3.63) is 35.6 Å². The van der Waals surface area contributed by atoms with Crippen LogP contribution in [0.15, 0.2) is 28.7 Å². The van der Waals surface area contributed by atoms with Gasteiger partial charge >= 0.3 is 0 Å². The predicted octanol–water partition coefficient (Wildman–Crippen LogP) is 3.38. The summed E-state index contributed by atoms with van der Waals surface area (Å²) in [7, 11) is 0. The Morgan fingerprint density at radius 2 is 2.05 bits per heavy atom. The average molecular weight is 261 g/mol. The van der Waals surface area contributed by atoms with Crippen molar-refractivity contribution in [2.45, 2.75) is 45.7 Å². The maximum Gasteiger partial charge on any atom is 0.134 e. The Labute approximate surface area is 114 Å². The molecule has 104 valence electrons. The van der Waals surface area contributed by atoms with E-state index in [1.807, 2.05) is 25.1 Å². The van der Waals surface area contributed by atoms with Crippen LogP contribution in [0.1, 0.15) is 38.0 Å². The van der Waals surface area contributed by atoms with Gasteiger partial charge in [0.25, 0.3) is 0 Å². The lowest BCUT2D eigenvalue weighted by Crippen LogP contribution is -2.42. The topological polar surface area (TPSA) is 45.4 Å². The minimum Gasteiger partial charge on any atom is -0.461 e. The van der Waals surface area contributed by atoms with Crippen LogP contribution in [0.5, 0.6) is 0 Å². The van der Waals surface area contributed by atoms with E-state index in [9.17, 15) is 0 Å². The Hall–Kier alpha value is -1.32. The molecule has 3 heteroatoms. The van der Waals surface area contributed by atoms with Crippen LogP contribution >= 0.6 is 0 Å². The van der Waals surface area contributed by atoms with Gasteiger partial charge in [-0.2, -0.15) is 0 Å². The molecule has 0 amide bonds. The minimum atomic E-state index is -0.0282. The molecule has 0 aliphatic heterocycles. The largest absolute Gasteiger partial charge is 0.461 e. The highest BCUT2D eigenvalue weighted by Gasteiger charge is 2.21. The van der Waals surface area contributed by atoms with Crippen LogP contribution in [-0.2, 0) is 6.54 Å². The van der Waals surface area contributed by atoms with E-state index in [0.29, 0.717) is 0 Å². The van der Waals surface area contributed by atoms with E-state index in [0.717, 1.165) is 30.7 Å². The number of para-hydroxylation sites is 1. The molecule has 1 heterocycles. The second-order valence-corrected chi connectivity index (χ2v) is 5.37. The van der Waals surface area contributed by atoms with E-state index in [4.69, 9.17) is 9.52 Å². The molecule has 0 bridgehead atoms. The van der Waals surface area contributed by atoms with Gasteiger partial charge in [-0.15, -0.1) is 0 Å². The van der Waals surface area contributed by atoms with E-state index >= 15 is 0 Å². The third kappa shape index (κ3) is 2.99. The molecular weight excluding hydrogens is 238 g/mol. The third-order valence-corrected chi connectivity index (χ3v) is 4.04. The number of rotatable bonds is 6. The second kappa shape index (κ2) is 5.76. The molecule has 0 saturated carbocycles. The number of furan rings is 1. The van der Waals surface area contributed by atoms with Crippen molar-refractivity contribution < 1.29 is 9.52 Å². The first-order valence-electron chi connectivity index (χ1n) is 6.92. The third-order valence-electron chi connectivity index (χ3n) is 4.04. The Morgan fingerprint density at radius 1 is 1.32 bits per heavy atom. The predicted molar refractivity (Wildman–Crippen MR) is 78.2 cm³/mol. The van der Waals surface area contributed by atoms with Gasteiger partial charge in [0.2, 0.25) is 0 Å². The second-order valence-electron chi connectivity index (χ2n) is 5.37. The molecule has 0 fully saturated rings. The molecule has 0 aliphatic carbocycles. The molecular formula is C16H23NO2. The van der Waals surface area contributed by atoms with Gasteiger partial charge in [0.15, 0.2) is 0 Å². The van der Waals surface area contributed by atoms with E-state index in [1.165, 1.54) is 10.9 Å². The lowest BCUT2D eigenvalue weighted by Gasteiger charge is -2.29. The molecule has 1 atom stereocenters. The molecule has 0 aliphatic rings. The van der Waals surface area contributed by atoms with Gasteiger partial charge in [-0.25, -0.2) is 0 Å². The first kappa shape index (κ1) is 14.1. The zero-order valence-electron chi connectivity index (χ0n) is 12.0. The highest BCUT2D eigenvalue weighted by Crippen LogP contribution is 2.26. The summed E-state index contributed by atoms with van der Waals surface area (Å²) >= 11 is 0. The summed E-state index contributed by atoms with van der Waals surface area (Å²) in [6, 6.07) is 8.12. The van der Waals surface area contributed by atoms with Crippen molar-refractivity contribution in [2.24, 2.45) is 0 Å². The number of fused-ring (bicyclic) bond motifs is 1. The number of benzene rings is 1. The summed E-state index contributed by atoms with van der Waals surface area (Å²) in [5.74, 6) is 0.969. The molecule has 0 saturated heterocycles. The van der Waals surface area contributed by atoms with Crippen LogP contribution in [0.3, 0.4) is 0 Å². The molecule has 2 rings (SSSR count). The average Bonchev–Trinajstić information content (AvgIpc) is 2.72. The van der Waals surface area contributed by atoms with Crippen LogP contribution in [0.25, 0.3) is 11.0 Å². The van der Waals surface area contributed by atoms with E-state index in [1.54, 1.807) is 0 Å².